The maximum Gasteiger partial charge on any atom is 0.325 e. The van der Waals surface area contributed by atoms with E-state index in [1.807, 2.05) is 0 Å². The molecule has 0 radical (unpaired) electrons. The van der Waals surface area contributed by atoms with E-state index in [4.69, 9.17) is 20.7 Å². The Hall–Kier alpha value is -1.60. The van der Waals surface area contributed by atoms with Gasteiger partial charge in [-0.1, -0.05) is 0 Å². The van der Waals surface area contributed by atoms with Crippen molar-refractivity contribution in [3.05, 3.63) is 11.5 Å². The first-order valence-electron chi connectivity index (χ1n) is 5.03. The summed E-state index contributed by atoms with van der Waals surface area (Å²) < 4.78 is 5.02. The Labute approximate surface area is 98.2 Å². The van der Waals surface area contributed by atoms with E-state index < -0.39 is 24.7 Å². The first-order chi connectivity index (χ1) is 7.91. The van der Waals surface area contributed by atoms with Gasteiger partial charge in [-0.3, -0.25) is 9.79 Å². The summed E-state index contributed by atoms with van der Waals surface area (Å²) in [6.45, 7) is -0.909. The number of carboxylic acids is 1. The van der Waals surface area contributed by atoms with E-state index in [1.165, 1.54) is 7.11 Å². The van der Waals surface area contributed by atoms with Crippen LogP contribution in [0.2, 0.25) is 0 Å². The van der Waals surface area contributed by atoms with Crippen molar-refractivity contribution in [2.45, 2.75) is 18.4 Å². The van der Waals surface area contributed by atoms with Gasteiger partial charge in [0, 0.05) is 12.8 Å². The molecule has 0 fully saturated rings. The molecule has 0 spiro atoms. The summed E-state index contributed by atoms with van der Waals surface area (Å²) in [5.41, 5.74) is 4.80. The number of nitrogens with zero attached hydrogens (tertiary/aromatic N) is 1. The van der Waals surface area contributed by atoms with Crippen molar-refractivity contribution < 1.29 is 24.9 Å². The van der Waals surface area contributed by atoms with E-state index in [2.05, 4.69) is 4.99 Å². The van der Waals surface area contributed by atoms with Gasteiger partial charge in [0.2, 0.25) is 0 Å². The van der Waals surface area contributed by atoms with E-state index in [1.54, 1.807) is 0 Å². The SMILES string of the molecule is COC1=C(N)C[C@](O)(CO)CC1=NCC(=O)O. The molecule has 1 aliphatic carbocycles. The zero-order valence-corrected chi connectivity index (χ0v) is 9.51. The molecular weight excluding hydrogens is 228 g/mol. The minimum absolute atomic E-state index is 0.0145. The molecule has 0 aromatic heterocycles. The molecule has 0 bridgehead atoms. The number of rotatable bonds is 4. The molecule has 7 heteroatoms. The van der Waals surface area contributed by atoms with Crippen LogP contribution in [0.1, 0.15) is 12.8 Å². The Morgan fingerprint density at radius 2 is 2.24 bits per heavy atom. The summed E-state index contributed by atoms with van der Waals surface area (Å²) in [6.07, 6.45) is 0.0828. The van der Waals surface area contributed by atoms with Gasteiger partial charge in [-0.25, -0.2) is 0 Å². The number of carboxylic acid groups (broad SMARTS) is 1. The molecule has 1 rings (SSSR count). The number of aliphatic hydroxyl groups is 2. The van der Waals surface area contributed by atoms with E-state index in [0.717, 1.165) is 0 Å². The quantitative estimate of drug-likeness (QED) is 0.494. The van der Waals surface area contributed by atoms with Gasteiger partial charge in [0.15, 0.2) is 5.76 Å². The fraction of sp³-hybridized carbons (Fsp3) is 0.600. The lowest BCUT2D eigenvalue weighted by atomic mass is 9.86. The molecule has 0 saturated carbocycles. The number of carbonyl (C=O) groups is 1. The summed E-state index contributed by atoms with van der Waals surface area (Å²) in [4.78, 5) is 14.3. The third-order valence-corrected chi connectivity index (χ3v) is 2.47. The summed E-state index contributed by atoms with van der Waals surface area (Å²) >= 11 is 0. The van der Waals surface area contributed by atoms with Gasteiger partial charge >= 0.3 is 5.97 Å². The lowest BCUT2D eigenvalue weighted by Gasteiger charge is -2.32. The molecular formula is C10H16N2O5. The van der Waals surface area contributed by atoms with Crippen molar-refractivity contribution in [2.24, 2.45) is 10.7 Å². The number of aliphatic imine (C=N–C) groups is 1. The van der Waals surface area contributed by atoms with Crippen LogP contribution in [0.25, 0.3) is 0 Å². The number of hydrogen-bond donors (Lipinski definition) is 4. The van der Waals surface area contributed by atoms with Crippen LogP contribution in [0.3, 0.4) is 0 Å². The van der Waals surface area contributed by atoms with Crippen LogP contribution in [-0.4, -0.2) is 52.9 Å². The number of hydrogen-bond acceptors (Lipinski definition) is 6. The molecule has 0 aromatic rings. The second-order valence-corrected chi connectivity index (χ2v) is 3.95. The number of ether oxygens (including phenoxy) is 1. The smallest absolute Gasteiger partial charge is 0.325 e. The minimum atomic E-state index is -1.40. The van der Waals surface area contributed by atoms with Gasteiger partial charge in [0.25, 0.3) is 0 Å². The first kappa shape index (κ1) is 13.5. The van der Waals surface area contributed by atoms with Crippen LogP contribution < -0.4 is 5.73 Å². The number of allylic oxidation sites excluding steroid dienone is 1. The lowest BCUT2D eigenvalue weighted by molar-refractivity contribution is -0.135. The Balaban J connectivity index is 3.03. The maximum absolute atomic E-state index is 10.4. The standard InChI is InChI=1S/C10H16N2O5/c1-17-9-6(11)2-10(16,5-13)3-7(9)12-4-8(14)15/h13,16H,2-5,11H2,1H3,(H,14,15)/t10-/m1/s1. The Morgan fingerprint density at radius 1 is 1.59 bits per heavy atom. The Kier molecular flexibility index (Phi) is 4.08. The third kappa shape index (κ3) is 3.18. The van der Waals surface area contributed by atoms with Crippen molar-refractivity contribution in [3.63, 3.8) is 0 Å². The monoisotopic (exact) mass is 244 g/mol. The topological polar surface area (TPSA) is 125 Å². The predicted molar refractivity (Wildman–Crippen MR) is 59.4 cm³/mol. The zero-order valence-electron chi connectivity index (χ0n) is 9.51. The van der Waals surface area contributed by atoms with Crippen molar-refractivity contribution >= 4 is 11.7 Å². The molecule has 1 aliphatic rings. The average molecular weight is 244 g/mol. The van der Waals surface area contributed by atoms with Gasteiger partial charge in [-0.15, -0.1) is 0 Å². The van der Waals surface area contributed by atoms with Crippen molar-refractivity contribution in [1.82, 2.24) is 0 Å². The van der Waals surface area contributed by atoms with Gasteiger partial charge in [0.05, 0.1) is 30.7 Å². The van der Waals surface area contributed by atoms with Crippen molar-refractivity contribution in [1.29, 1.82) is 0 Å². The Bertz CT molecular complexity index is 377. The second kappa shape index (κ2) is 5.15. The highest BCUT2D eigenvalue weighted by Crippen LogP contribution is 2.28. The fourth-order valence-electron chi connectivity index (χ4n) is 1.73. The van der Waals surface area contributed by atoms with Crippen LogP contribution in [0, 0.1) is 0 Å². The normalized spacial score (nSPS) is 27.4. The van der Waals surface area contributed by atoms with E-state index in [0.29, 0.717) is 0 Å². The molecule has 0 aliphatic heterocycles. The minimum Gasteiger partial charge on any atom is -0.493 e. The first-order valence-corrected chi connectivity index (χ1v) is 5.03. The third-order valence-electron chi connectivity index (χ3n) is 2.47. The summed E-state index contributed by atoms with van der Waals surface area (Å²) in [5.74, 6) is -0.811. The molecule has 0 saturated heterocycles. The molecule has 96 valence electrons. The summed E-state index contributed by atoms with van der Waals surface area (Å²) in [5, 5.41) is 27.6. The number of methoxy groups -OCH3 is 1. The molecule has 17 heavy (non-hydrogen) atoms. The summed E-state index contributed by atoms with van der Waals surface area (Å²) in [7, 11) is 1.39. The van der Waals surface area contributed by atoms with Crippen LogP contribution in [-0.2, 0) is 9.53 Å². The van der Waals surface area contributed by atoms with Crippen LogP contribution in [0.5, 0.6) is 0 Å². The fourth-order valence-corrected chi connectivity index (χ4v) is 1.73. The van der Waals surface area contributed by atoms with Gasteiger partial charge in [0.1, 0.15) is 6.54 Å². The van der Waals surface area contributed by atoms with Gasteiger partial charge < -0.3 is 25.8 Å². The molecule has 0 heterocycles. The highest BCUT2D eigenvalue weighted by atomic mass is 16.5. The molecule has 1 atom stereocenters. The predicted octanol–water partition coefficient (Wildman–Crippen LogP) is -1.15. The number of aliphatic hydroxyl groups excluding tert-OH is 1. The van der Waals surface area contributed by atoms with Crippen molar-refractivity contribution in [3.8, 4) is 0 Å². The molecule has 0 unspecified atom stereocenters. The van der Waals surface area contributed by atoms with Crippen molar-refractivity contribution in [2.75, 3.05) is 20.3 Å². The molecule has 0 aromatic carbocycles. The Morgan fingerprint density at radius 3 is 2.71 bits per heavy atom. The highest BCUT2D eigenvalue weighted by Gasteiger charge is 2.36. The lowest BCUT2D eigenvalue weighted by Crippen LogP contribution is -2.42. The van der Waals surface area contributed by atoms with E-state index in [9.17, 15) is 9.90 Å². The zero-order chi connectivity index (χ0) is 13.1. The summed E-state index contributed by atoms with van der Waals surface area (Å²) in [6, 6.07) is 0. The number of nitrogens with two attached hydrogens (primary N) is 1. The number of aliphatic carboxylic acids is 1. The van der Waals surface area contributed by atoms with Crippen LogP contribution in [0.4, 0.5) is 0 Å². The van der Waals surface area contributed by atoms with Crippen LogP contribution >= 0.6 is 0 Å². The van der Waals surface area contributed by atoms with E-state index >= 15 is 0 Å². The maximum atomic E-state index is 10.4. The largest absolute Gasteiger partial charge is 0.493 e. The second-order valence-electron chi connectivity index (χ2n) is 3.95. The molecule has 7 nitrogen and oxygen atoms in total. The van der Waals surface area contributed by atoms with Crippen LogP contribution in [0.15, 0.2) is 16.4 Å². The average Bonchev–Trinajstić information content (AvgIpc) is 2.26. The van der Waals surface area contributed by atoms with E-state index in [-0.39, 0.29) is 30.0 Å². The molecule has 0 amide bonds. The highest BCUT2D eigenvalue weighted by molar-refractivity contribution is 6.01. The van der Waals surface area contributed by atoms with Gasteiger partial charge in [-0.2, -0.15) is 0 Å². The molecule has 5 N–H and O–H groups in total. The van der Waals surface area contributed by atoms with Gasteiger partial charge in [-0.05, 0) is 0 Å².